The Morgan fingerprint density at radius 2 is 0.674 bits per heavy atom. The first-order valence-corrected chi connectivity index (χ1v) is 14.2. The van der Waals surface area contributed by atoms with E-state index in [-0.39, 0.29) is 0 Å². The molecule has 43 heavy (non-hydrogen) atoms. The normalized spacial score (nSPS) is 11.9. The van der Waals surface area contributed by atoms with Crippen LogP contribution in [0.4, 0.5) is 0 Å². The van der Waals surface area contributed by atoms with Gasteiger partial charge in [-0.1, -0.05) is 60.7 Å². The molecule has 0 amide bonds. The van der Waals surface area contributed by atoms with Crippen LogP contribution in [0.25, 0.3) is 63.9 Å². The largest absolute Gasteiger partial charge is 0.309 e. The maximum atomic E-state index is 4.13. The van der Waals surface area contributed by atoms with E-state index in [9.17, 15) is 0 Å². The fraction of sp³-hybridized carbons (Fsp3) is 0. The molecule has 204 valence electrons. The average molecular weight is 553 g/mol. The molecule has 0 saturated heterocycles. The van der Waals surface area contributed by atoms with E-state index in [1.54, 1.807) is 0 Å². The highest BCUT2D eigenvalue weighted by molar-refractivity contribution is 6.10. The lowest BCUT2D eigenvalue weighted by atomic mass is 10.1. The summed E-state index contributed by atoms with van der Waals surface area (Å²) in [5.74, 6) is 0. The number of hydrogen-bond acceptors (Lipinski definition) is 3. The van der Waals surface area contributed by atoms with Crippen LogP contribution in [0.1, 0.15) is 33.4 Å². The molecule has 4 nitrogen and oxygen atoms in total. The van der Waals surface area contributed by atoms with Gasteiger partial charge in [-0.25, -0.2) is 0 Å². The van der Waals surface area contributed by atoms with Gasteiger partial charge in [0, 0.05) is 53.6 Å². The highest BCUT2D eigenvalue weighted by Crippen LogP contribution is 2.34. The molecule has 0 bridgehead atoms. The molecular formula is C39H28N4. The van der Waals surface area contributed by atoms with Crippen molar-refractivity contribution in [1.29, 1.82) is 0 Å². The summed E-state index contributed by atoms with van der Waals surface area (Å²) in [5, 5.41) is 2.43. The SMILES string of the molecule is C(=Cc1ccc(-n2c3ccc(C=Cc4ccncc4)cc3c3cc(/C=C/c4ccncc4)ccc32)cc1)c1ccncc1. The maximum absolute atomic E-state index is 4.13. The summed E-state index contributed by atoms with van der Waals surface area (Å²) in [7, 11) is 0. The van der Waals surface area contributed by atoms with Gasteiger partial charge in [0.05, 0.1) is 11.0 Å². The Labute approximate surface area is 250 Å². The molecule has 0 saturated carbocycles. The minimum atomic E-state index is 1.12. The molecule has 0 unspecified atom stereocenters. The van der Waals surface area contributed by atoms with Gasteiger partial charge in [-0.3, -0.25) is 15.0 Å². The van der Waals surface area contributed by atoms with E-state index >= 15 is 0 Å². The van der Waals surface area contributed by atoms with Crippen molar-refractivity contribution in [2.24, 2.45) is 0 Å². The molecule has 0 aliphatic heterocycles. The summed E-state index contributed by atoms with van der Waals surface area (Å²) in [6.07, 6.45) is 23.7. The predicted octanol–water partition coefficient (Wildman–Crippen LogP) is 9.48. The van der Waals surface area contributed by atoms with Gasteiger partial charge in [0.1, 0.15) is 0 Å². The fourth-order valence-electron chi connectivity index (χ4n) is 5.28. The number of rotatable bonds is 7. The predicted molar refractivity (Wildman–Crippen MR) is 180 cm³/mol. The van der Waals surface area contributed by atoms with E-state index in [0.717, 1.165) is 39.1 Å². The summed E-state index contributed by atoms with van der Waals surface area (Å²) in [5.41, 5.74) is 10.3. The van der Waals surface area contributed by atoms with E-state index in [1.165, 1.54) is 21.8 Å². The average Bonchev–Trinajstić information content (AvgIpc) is 3.40. The zero-order valence-corrected chi connectivity index (χ0v) is 23.5. The molecule has 4 heteroatoms. The Morgan fingerprint density at radius 3 is 1.07 bits per heavy atom. The van der Waals surface area contributed by atoms with Crippen molar-refractivity contribution < 1.29 is 0 Å². The summed E-state index contributed by atoms with van der Waals surface area (Å²) in [6.45, 7) is 0. The second-order valence-corrected chi connectivity index (χ2v) is 10.3. The molecule has 3 aromatic carbocycles. The van der Waals surface area contributed by atoms with E-state index in [0.29, 0.717) is 0 Å². The first-order chi connectivity index (χ1) is 21.3. The lowest BCUT2D eigenvalue weighted by Crippen LogP contribution is -1.93. The van der Waals surface area contributed by atoms with Crippen molar-refractivity contribution in [3.63, 3.8) is 0 Å². The number of hydrogen-bond donors (Lipinski definition) is 0. The second kappa shape index (κ2) is 11.9. The Bertz CT molecular complexity index is 1980. The minimum absolute atomic E-state index is 1.12. The van der Waals surface area contributed by atoms with Crippen LogP contribution in [0.3, 0.4) is 0 Å². The lowest BCUT2D eigenvalue weighted by molar-refractivity contribution is 1.18. The van der Waals surface area contributed by atoms with Crippen LogP contribution in [-0.2, 0) is 0 Å². The van der Waals surface area contributed by atoms with Gasteiger partial charge in [-0.15, -0.1) is 0 Å². The van der Waals surface area contributed by atoms with Gasteiger partial charge in [0.2, 0.25) is 0 Å². The number of nitrogens with zero attached hydrogens (tertiary/aromatic N) is 4. The summed E-state index contributed by atoms with van der Waals surface area (Å²) in [6, 6.07) is 34.2. The maximum Gasteiger partial charge on any atom is 0.0541 e. The Kier molecular flexibility index (Phi) is 7.23. The third-order valence-electron chi connectivity index (χ3n) is 7.49. The van der Waals surface area contributed by atoms with Crippen molar-refractivity contribution in [2.75, 3.05) is 0 Å². The first-order valence-electron chi connectivity index (χ1n) is 14.2. The van der Waals surface area contributed by atoms with Crippen LogP contribution in [0, 0.1) is 0 Å². The number of benzene rings is 3. The van der Waals surface area contributed by atoms with E-state index in [2.05, 4.69) is 117 Å². The van der Waals surface area contributed by atoms with Crippen molar-refractivity contribution in [1.82, 2.24) is 19.5 Å². The Balaban J connectivity index is 1.30. The first kappa shape index (κ1) is 26.1. The van der Waals surface area contributed by atoms with E-state index < -0.39 is 0 Å². The van der Waals surface area contributed by atoms with Crippen molar-refractivity contribution >= 4 is 58.3 Å². The third-order valence-corrected chi connectivity index (χ3v) is 7.49. The van der Waals surface area contributed by atoms with Crippen LogP contribution in [0.15, 0.2) is 134 Å². The molecule has 0 aliphatic carbocycles. The quantitative estimate of drug-likeness (QED) is 0.198. The van der Waals surface area contributed by atoms with E-state index in [1.807, 2.05) is 73.6 Å². The highest BCUT2D eigenvalue weighted by atomic mass is 15.0. The molecular weight excluding hydrogens is 524 g/mol. The molecule has 7 aromatic rings. The van der Waals surface area contributed by atoms with Gasteiger partial charge < -0.3 is 4.57 Å². The monoisotopic (exact) mass is 552 g/mol. The smallest absolute Gasteiger partial charge is 0.0541 e. The van der Waals surface area contributed by atoms with Gasteiger partial charge in [-0.2, -0.15) is 0 Å². The van der Waals surface area contributed by atoms with Gasteiger partial charge in [0.15, 0.2) is 0 Å². The third kappa shape index (κ3) is 5.81. The molecule has 4 aromatic heterocycles. The topological polar surface area (TPSA) is 43.6 Å². The standard InChI is InChI=1S/C39H28N4/c1(2-30-15-21-40-22-16-30)29-7-11-35(12-8-29)43-38-13-9-33(5-3-31-17-23-41-24-18-31)27-36(38)37-28-34(10-14-39(37)43)6-4-32-19-25-42-26-20-32/h1-28H/b2-1?,5-3+,6-4?. The minimum Gasteiger partial charge on any atom is -0.309 e. The molecule has 0 radical (unpaired) electrons. The van der Waals surface area contributed by atoms with Crippen LogP contribution in [0.2, 0.25) is 0 Å². The number of aromatic nitrogens is 4. The van der Waals surface area contributed by atoms with Crippen molar-refractivity contribution in [3.05, 3.63) is 168 Å². The van der Waals surface area contributed by atoms with Gasteiger partial charge >= 0.3 is 0 Å². The lowest BCUT2D eigenvalue weighted by Gasteiger charge is -2.09. The highest BCUT2D eigenvalue weighted by Gasteiger charge is 2.13. The fourth-order valence-corrected chi connectivity index (χ4v) is 5.28. The second-order valence-electron chi connectivity index (χ2n) is 10.3. The summed E-state index contributed by atoms with van der Waals surface area (Å²) >= 11 is 0. The zero-order chi connectivity index (χ0) is 28.8. The van der Waals surface area contributed by atoms with Crippen LogP contribution < -0.4 is 0 Å². The van der Waals surface area contributed by atoms with Gasteiger partial charge in [0.25, 0.3) is 0 Å². The number of fused-ring (bicyclic) bond motifs is 3. The molecule has 7 rings (SSSR count). The number of pyridine rings is 3. The zero-order valence-electron chi connectivity index (χ0n) is 23.5. The molecule has 0 atom stereocenters. The molecule has 0 aliphatic rings. The molecule has 4 heterocycles. The Morgan fingerprint density at radius 1 is 0.349 bits per heavy atom. The molecule has 0 N–H and O–H groups in total. The van der Waals surface area contributed by atoms with Crippen molar-refractivity contribution in [2.45, 2.75) is 0 Å². The molecule has 0 fully saturated rings. The van der Waals surface area contributed by atoms with Crippen LogP contribution >= 0.6 is 0 Å². The van der Waals surface area contributed by atoms with Crippen LogP contribution in [0.5, 0.6) is 0 Å². The summed E-state index contributed by atoms with van der Waals surface area (Å²) < 4.78 is 2.35. The van der Waals surface area contributed by atoms with Crippen molar-refractivity contribution in [3.8, 4) is 5.69 Å². The van der Waals surface area contributed by atoms with E-state index in [4.69, 9.17) is 0 Å². The molecule has 0 spiro atoms. The van der Waals surface area contributed by atoms with Crippen LogP contribution in [-0.4, -0.2) is 19.5 Å². The summed E-state index contributed by atoms with van der Waals surface area (Å²) in [4.78, 5) is 12.4. The Hall–Kier alpha value is -5.87. The van der Waals surface area contributed by atoms with Gasteiger partial charge in [-0.05, 0) is 106 Å².